The lowest BCUT2D eigenvalue weighted by Crippen LogP contribution is -2.29. The van der Waals surface area contributed by atoms with E-state index in [-0.39, 0.29) is 5.91 Å². The van der Waals surface area contributed by atoms with Gasteiger partial charge >= 0.3 is 0 Å². The largest absolute Gasteiger partial charge is 0.493 e. The van der Waals surface area contributed by atoms with E-state index >= 15 is 0 Å². The van der Waals surface area contributed by atoms with Crippen LogP contribution in [0, 0.1) is 19.8 Å². The molecule has 2 rings (SSSR count). The smallest absolute Gasteiger partial charge is 0.251 e. The zero-order valence-electron chi connectivity index (χ0n) is 17.6. The van der Waals surface area contributed by atoms with Crippen molar-refractivity contribution in [2.45, 2.75) is 60.0 Å². The Labute approximate surface area is 167 Å². The van der Waals surface area contributed by atoms with Crippen molar-refractivity contribution in [3.05, 3.63) is 40.8 Å². The van der Waals surface area contributed by atoms with E-state index < -0.39 is 0 Å². The van der Waals surface area contributed by atoms with Crippen LogP contribution < -0.4 is 14.8 Å². The van der Waals surface area contributed by atoms with Gasteiger partial charge in [-0.1, -0.05) is 38.3 Å². The summed E-state index contributed by atoms with van der Waals surface area (Å²) in [5.74, 6) is 2.26. The molecule has 0 saturated carbocycles. The van der Waals surface area contributed by atoms with Gasteiger partial charge in [0.2, 0.25) is 0 Å². The number of ether oxygens (including phenoxy) is 2. The Kier molecular flexibility index (Phi) is 8.36. The molecular weight excluding hydrogens is 356 g/mol. The molecule has 0 saturated heterocycles. The van der Waals surface area contributed by atoms with Gasteiger partial charge in [-0.2, -0.15) is 0 Å². The number of carbonyl (C=O) groups is 1. The third kappa shape index (κ3) is 5.75. The molecule has 28 heavy (non-hydrogen) atoms. The Morgan fingerprint density at radius 3 is 2.64 bits per heavy atom. The number of methoxy groups -OCH3 is 1. The molecule has 1 N–H and O–H groups in total. The normalized spacial score (nSPS) is 11.9. The minimum Gasteiger partial charge on any atom is -0.493 e. The van der Waals surface area contributed by atoms with E-state index in [1.807, 2.05) is 13.8 Å². The quantitative estimate of drug-likeness (QED) is 0.597. The summed E-state index contributed by atoms with van der Waals surface area (Å²) >= 11 is 0. The van der Waals surface area contributed by atoms with Crippen LogP contribution in [-0.2, 0) is 6.61 Å². The van der Waals surface area contributed by atoms with E-state index in [1.165, 1.54) is 12.8 Å². The highest BCUT2D eigenvalue weighted by atomic mass is 16.5. The van der Waals surface area contributed by atoms with Crippen LogP contribution in [0.25, 0.3) is 0 Å². The molecule has 1 aromatic carbocycles. The average molecular weight is 389 g/mol. The number of aryl methyl sites for hydroxylation is 2. The van der Waals surface area contributed by atoms with E-state index in [2.05, 4.69) is 24.3 Å². The number of hydrogen-bond acceptors (Lipinski definition) is 5. The van der Waals surface area contributed by atoms with E-state index in [9.17, 15) is 4.79 Å². The molecule has 0 aliphatic rings. The number of rotatable bonds is 11. The van der Waals surface area contributed by atoms with E-state index in [1.54, 1.807) is 25.3 Å². The van der Waals surface area contributed by atoms with Crippen molar-refractivity contribution in [1.82, 2.24) is 10.5 Å². The second kappa shape index (κ2) is 10.7. The maximum atomic E-state index is 12.5. The van der Waals surface area contributed by atoms with Gasteiger partial charge in [-0.15, -0.1) is 0 Å². The van der Waals surface area contributed by atoms with Gasteiger partial charge in [-0.3, -0.25) is 4.79 Å². The summed E-state index contributed by atoms with van der Waals surface area (Å²) in [4.78, 5) is 12.5. The molecule has 154 valence electrons. The average Bonchev–Trinajstić information content (AvgIpc) is 3.03. The number of aromatic nitrogens is 1. The fourth-order valence-electron chi connectivity index (χ4n) is 3.07. The zero-order valence-corrected chi connectivity index (χ0v) is 17.6. The Morgan fingerprint density at radius 2 is 2.04 bits per heavy atom. The lowest BCUT2D eigenvalue weighted by Gasteiger charge is -2.16. The summed E-state index contributed by atoms with van der Waals surface area (Å²) in [5.41, 5.74) is 2.29. The molecule has 0 fully saturated rings. The summed E-state index contributed by atoms with van der Waals surface area (Å²) in [6.07, 6.45) is 4.58. The molecule has 0 radical (unpaired) electrons. The molecule has 1 unspecified atom stereocenters. The highest BCUT2D eigenvalue weighted by molar-refractivity contribution is 5.94. The van der Waals surface area contributed by atoms with Gasteiger partial charge in [-0.25, -0.2) is 0 Å². The van der Waals surface area contributed by atoms with Gasteiger partial charge in [0.1, 0.15) is 12.4 Å². The highest BCUT2D eigenvalue weighted by Gasteiger charge is 2.15. The second-order valence-electron chi connectivity index (χ2n) is 7.08. The van der Waals surface area contributed by atoms with Crippen LogP contribution in [0.15, 0.2) is 22.7 Å². The number of hydrogen-bond donors (Lipinski definition) is 1. The number of unbranched alkanes of at least 4 members (excludes halogenated alkanes) is 1. The Hall–Kier alpha value is -2.50. The maximum absolute atomic E-state index is 12.5. The molecule has 0 bridgehead atoms. The summed E-state index contributed by atoms with van der Waals surface area (Å²) in [6, 6.07) is 5.23. The van der Waals surface area contributed by atoms with Gasteiger partial charge in [0, 0.05) is 12.1 Å². The molecule has 1 aromatic heterocycles. The number of nitrogens with one attached hydrogen (secondary N) is 1. The fraction of sp³-hybridized carbons (Fsp3) is 0.545. The lowest BCUT2D eigenvalue weighted by atomic mass is 9.99. The Bertz CT molecular complexity index is 750. The van der Waals surface area contributed by atoms with Crippen LogP contribution >= 0.6 is 0 Å². The van der Waals surface area contributed by atoms with Crippen molar-refractivity contribution >= 4 is 5.91 Å². The SMILES string of the molecule is CCCCC(CC)CNC(=O)c1ccc(OCc2c(C)noc2C)c(OC)c1. The highest BCUT2D eigenvalue weighted by Crippen LogP contribution is 2.29. The molecule has 0 aliphatic carbocycles. The van der Waals surface area contributed by atoms with E-state index in [0.29, 0.717) is 36.1 Å². The van der Waals surface area contributed by atoms with Crippen LogP contribution in [0.3, 0.4) is 0 Å². The fourth-order valence-corrected chi connectivity index (χ4v) is 3.07. The molecule has 0 spiro atoms. The van der Waals surface area contributed by atoms with Gasteiger partial charge in [-0.05, 0) is 44.4 Å². The third-order valence-electron chi connectivity index (χ3n) is 5.07. The molecule has 6 heteroatoms. The predicted octanol–water partition coefficient (Wildman–Crippen LogP) is 4.83. The van der Waals surface area contributed by atoms with Crippen molar-refractivity contribution in [3.63, 3.8) is 0 Å². The van der Waals surface area contributed by atoms with Crippen LogP contribution in [-0.4, -0.2) is 24.7 Å². The Balaban J connectivity index is 2.00. The molecule has 0 aliphatic heterocycles. The summed E-state index contributed by atoms with van der Waals surface area (Å²) < 4.78 is 16.5. The van der Waals surface area contributed by atoms with E-state index in [4.69, 9.17) is 14.0 Å². The first-order valence-electron chi connectivity index (χ1n) is 10.0. The number of carbonyl (C=O) groups excluding carboxylic acids is 1. The molecule has 2 aromatic rings. The lowest BCUT2D eigenvalue weighted by molar-refractivity contribution is 0.0945. The zero-order chi connectivity index (χ0) is 20.5. The van der Waals surface area contributed by atoms with E-state index in [0.717, 1.165) is 29.9 Å². The van der Waals surface area contributed by atoms with Gasteiger partial charge in [0.05, 0.1) is 18.4 Å². The first-order valence-corrected chi connectivity index (χ1v) is 10.0. The number of benzene rings is 1. The molecule has 1 amide bonds. The molecular formula is C22H32N2O4. The third-order valence-corrected chi connectivity index (χ3v) is 5.07. The minimum absolute atomic E-state index is 0.0921. The second-order valence-corrected chi connectivity index (χ2v) is 7.08. The monoisotopic (exact) mass is 388 g/mol. The Morgan fingerprint density at radius 1 is 1.25 bits per heavy atom. The topological polar surface area (TPSA) is 73.6 Å². The van der Waals surface area contributed by atoms with Crippen molar-refractivity contribution in [2.75, 3.05) is 13.7 Å². The number of amides is 1. The summed E-state index contributed by atoms with van der Waals surface area (Å²) in [6.45, 7) is 9.12. The van der Waals surface area contributed by atoms with Crippen LogP contribution in [0.4, 0.5) is 0 Å². The number of nitrogens with zero attached hydrogens (tertiary/aromatic N) is 1. The first kappa shape index (κ1) is 21.8. The summed E-state index contributed by atoms with van der Waals surface area (Å²) in [7, 11) is 1.57. The van der Waals surface area contributed by atoms with Gasteiger partial charge in [0.15, 0.2) is 11.5 Å². The molecule has 1 atom stereocenters. The van der Waals surface area contributed by atoms with Crippen molar-refractivity contribution < 1.29 is 18.8 Å². The van der Waals surface area contributed by atoms with Crippen molar-refractivity contribution in [3.8, 4) is 11.5 Å². The summed E-state index contributed by atoms with van der Waals surface area (Å²) in [5, 5.41) is 6.97. The van der Waals surface area contributed by atoms with Crippen LogP contribution in [0.2, 0.25) is 0 Å². The standard InChI is InChI=1S/C22H32N2O4/c1-6-8-9-17(7-2)13-23-22(25)18-10-11-20(21(12-18)26-5)27-14-19-15(3)24-28-16(19)4/h10-12,17H,6-9,13-14H2,1-5H3,(H,23,25). The van der Waals surface area contributed by atoms with Gasteiger partial charge in [0.25, 0.3) is 5.91 Å². The van der Waals surface area contributed by atoms with Crippen LogP contribution in [0.1, 0.15) is 66.9 Å². The van der Waals surface area contributed by atoms with Crippen molar-refractivity contribution in [1.29, 1.82) is 0 Å². The van der Waals surface area contributed by atoms with Crippen molar-refractivity contribution in [2.24, 2.45) is 5.92 Å². The first-order chi connectivity index (χ1) is 13.5. The van der Waals surface area contributed by atoms with Crippen LogP contribution in [0.5, 0.6) is 11.5 Å². The maximum Gasteiger partial charge on any atom is 0.251 e. The minimum atomic E-state index is -0.0921. The van der Waals surface area contributed by atoms with Gasteiger partial charge < -0.3 is 19.3 Å². The molecule has 6 nitrogen and oxygen atoms in total. The molecule has 1 heterocycles. The predicted molar refractivity (Wildman–Crippen MR) is 109 cm³/mol.